The average Bonchev–Trinajstić information content (AvgIpc) is 2.79. The second kappa shape index (κ2) is 10.5. The number of aryl methyl sites for hydroxylation is 2. The lowest BCUT2D eigenvalue weighted by Gasteiger charge is -2.26. The molecule has 0 saturated heterocycles. The highest BCUT2D eigenvalue weighted by molar-refractivity contribution is 7.92. The zero-order valence-corrected chi connectivity index (χ0v) is 20.2. The van der Waals surface area contributed by atoms with E-state index >= 15 is 0 Å². The van der Waals surface area contributed by atoms with Crippen molar-refractivity contribution in [1.82, 2.24) is 5.32 Å². The molecule has 0 aliphatic carbocycles. The first-order valence-corrected chi connectivity index (χ1v) is 12.3. The number of amides is 1. The molecule has 0 aliphatic heterocycles. The second-order valence-electron chi connectivity index (χ2n) is 7.90. The highest BCUT2D eigenvalue weighted by atomic mass is 32.2. The number of rotatable bonds is 9. The fourth-order valence-electron chi connectivity index (χ4n) is 3.50. The molecule has 0 spiro atoms. The third-order valence-corrected chi connectivity index (χ3v) is 7.12. The van der Waals surface area contributed by atoms with E-state index in [1.807, 2.05) is 64.1 Å². The summed E-state index contributed by atoms with van der Waals surface area (Å²) in [4.78, 5) is 13.1. The molecule has 0 aromatic heterocycles. The SMILES string of the molecule is CCOc1ccc([C@H](C)NC(=O)CN(c2ccccc2C)S(=O)(=O)c2ccc(C)cc2)cc1. The average molecular weight is 467 g/mol. The number of hydrogen-bond donors (Lipinski definition) is 1. The van der Waals surface area contributed by atoms with Crippen LogP contribution in [0.4, 0.5) is 5.69 Å². The molecule has 0 saturated carbocycles. The Morgan fingerprint density at radius 2 is 1.61 bits per heavy atom. The van der Waals surface area contributed by atoms with Crippen molar-refractivity contribution in [2.45, 2.75) is 38.6 Å². The molecule has 0 bridgehead atoms. The first kappa shape index (κ1) is 24.3. The number of ether oxygens (including phenoxy) is 1. The quantitative estimate of drug-likeness (QED) is 0.493. The molecule has 0 aliphatic rings. The van der Waals surface area contributed by atoms with Gasteiger partial charge in [0, 0.05) is 0 Å². The first-order valence-electron chi connectivity index (χ1n) is 10.9. The van der Waals surface area contributed by atoms with Crippen molar-refractivity contribution in [3.8, 4) is 5.75 Å². The van der Waals surface area contributed by atoms with Crippen molar-refractivity contribution in [2.75, 3.05) is 17.5 Å². The van der Waals surface area contributed by atoms with Gasteiger partial charge in [-0.05, 0) is 69.2 Å². The van der Waals surface area contributed by atoms with Crippen molar-refractivity contribution in [1.29, 1.82) is 0 Å². The zero-order chi connectivity index (χ0) is 24.0. The Balaban J connectivity index is 1.85. The molecular weight excluding hydrogens is 436 g/mol. The predicted molar refractivity (Wildman–Crippen MR) is 131 cm³/mol. The van der Waals surface area contributed by atoms with Crippen LogP contribution in [-0.2, 0) is 14.8 Å². The van der Waals surface area contributed by atoms with Crippen molar-refractivity contribution < 1.29 is 17.9 Å². The minimum Gasteiger partial charge on any atom is -0.494 e. The summed E-state index contributed by atoms with van der Waals surface area (Å²) in [6, 6.07) is 20.9. The van der Waals surface area contributed by atoms with Crippen LogP contribution in [0.2, 0.25) is 0 Å². The largest absolute Gasteiger partial charge is 0.494 e. The van der Waals surface area contributed by atoms with Crippen molar-refractivity contribution in [3.63, 3.8) is 0 Å². The summed E-state index contributed by atoms with van der Waals surface area (Å²) in [5.74, 6) is 0.366. The van der Waals surface area contributed by atoms with Crippen molar-refractivity contribution >= 4 is 21.6 Å². The third kappa shape index (κ3) is 5.93. The highest BCUT2D eigenvalue weighted by Crippen LogP contribution is 2.27. The molecule has 3 aromatic rings. The van der Waals surface area contributed by atoms with E-state index in [4.69, 9.17) is 4.74 Å². The number of hydrogen-bond acceptors (Lipinski definition) is 4. The number of sulfonamides is 1. The van der Waals surface area contributed by atoms with Gasteiger partial charge in [-0.15, -0.1) is 0 Å². The number of anilines is 1. The van der Waals surface area contributed by atoms with Crippen LogP contribution < -0.4 is 14.4 Å². The van der Waals surface area contributed by atoms with E-state index in [2.05, 4.69) is 5.32 Å². The standard InChI is InChI=1S/C26H30N2O4S/c1-5-32-23-14-12-22(13-15-23)21(4)27-26(29)18-28(25-9-7-6-8-20(25)3)33(30,31)24-16-10-19(2)11-17-24/h6-17,21H,5,18H2,1-4H3,(H,27,29)/t21-/m0/s1. The first-order chi connectivity index (χ1) is 15.7. The monoisotopic (exact) mass is 466 g/mol. The molecule has 0 unspecified atom stereocenters. The van der Waals surface area contributed by atoms with Gasteiger partial charge in [-0.1, -0.05) is 48.0 Å². The lowest BCUT2D eigenvalue weighted by Crippen LogP contribution is -2.41. The van der Waals surface area contributed by atoms with Gasteiger partial charge < -0.3 is 10.1 Å². The molecule has 174 valence electrons. The van der Waals surface area contributed by atoms with E-state index in [1.54, 1.807) is 36.4 Å². The molecule has 1 amide bonds. The number of benzene rings is 3. The predicted octanol–water partition coefficient (Wildman–Crippen LogP) is 4.77. The normalized spacial score (nSPS) is 12.1. The van der Waals surface area contributed by atoms with E-state index in [1.165, 1.54) is 4.31 Å². The summed E-state index contributed by atoms with van der Waals surface area (Å²) < 4.78 is 33.7. The summed E-state index contributed by atoms with van der Waals surface area (Å²) in [5.41, 5.74) is 3.09. The van der Waals surface area contributed by atoms with Gasteiger partial charge in [0.15, 0.2) is 0 Å². The number of carbonyl (C=O) groups excluding carboxylic acids is 1. The van der Waals surface area contributed by atoms with Gasteiger partial charge in [0.05, 0.1) is 23.2 Å². The Labute approximate surface area is 196 Å². The molecule has 3 aromatic carbocycles. The number of carbonyl (C=O) groups is 1. The Kier molecular flexibility index (Phi) is 7.76. The molecule has 7 heteroatoms. The smallest absolute Gasteiger partial charge is 0.264 e. The minimum absolute atomic E-state index is 0.142. The van der Waals surface area contributed by atoms with E-state index in [9.17, 15) is 13.2 Å². The summed E-state index contributed by atoms with van der Waals surface area (Å²) in [6.07, 6.45) is 0. The van der Waals surface area contributed by atoms with Crippen LogP contribution in [-0.4, -0.2) is 27.5 Å². The number of para-hydroxylation sites is 1. The third-order valence-electron chi connectivity index (χ3n) is 5.35. The lowest BCUT2D eigenvalue weighted by molar-refractivity contribution is -0.120. The lowest BCUT2D eigenvalue weighted by atomic mass is 10.1. The molecular formula is C26H30N2O4S. The van der Waals surface area contributed by atoms with Gasteiger partial charge in [0.25, 0.3) is 10.0 Å². The number of nitrogens with one attached hydrogen (secondary N) is 1. The zero-order valence-electron chi connectivity index (χ0n) is 19.4. The van der Waals surface area contributed by atoms with Gasteiger partial charge in [-0.25, -0.2) is 8.42 Å². The van der Waals surface area contributed by atoms with Crippen LogP contribution in [0.1, 0.15) is 36.6 Å². The van der Waals surface area contributed by atoms with Gasteiger partial charge in [0.2, 0.25) is 5.91 Å². The summed E-state index contributed by atoms with van der Waals surface area (Å²) in [7, 11) is -3.94. The maximum absolute atomic E-state index is 13.5. The molecule has 33 heavy (non-hydrogen) atoms. The Morgan fingerprint density at radius 3 is 2.21 bits per heavy atom. The number of nitrogens with zero attached hydrogens (tertiary/aromatic N) is 1. The Hall–Kier alpha value is -3.32. The molecule has 1 N–H and O–H groups in total. The molecule has 6 nitrogen and oxygen atoms in total. The van der Waals surface area contributed by atoms with Crippen molar-refractivity contribution in [2.24, 2.45) is 0 Å². The van der Waals surface area contributed by atoms with Crippen LogP contribution in [0.3, 0.4) is 0 Å². The van der Waals surface area contributed by atoms with Gasteiger partial charge in [-0.3, -0.25) is 9.10 Å². The van der Waals surface area contributed by atoms with E-state index in [0.29, 0.717) is 12.3 Å². The summed E-state index contributed by atoms with van der Waals surface area (Å²) in [6.45, 7) is 7.75. The fraction of sp³-hybridized carbons (Fsp3) is 0.269. The Morgan fingerprint density at radius 1 is 0.970 bits per heavy atom. The molecule has 1 atom stereocenters. The van der Waals surface area contributed by atoms with Crippen LogP contribution in [0.5, 0.6) is 5.75 Å². The van der Waals surface area contributed by atoms with Crippen LogP contribution in [0.25, 0.3) is 0 Å². The maximum Gasteiger partial charge on any atom is 0.264 e. The molecule has 0 radical (unpaired) electrons. The van der Waals surface area contributed by atoms with Gasteiger partial charge >= 0.3 is 0 Å². The second-order valence-corrected chi connectivity index (χ2v) is 9.76. The fourth-order valence-corrected chi connectivity index (χ4v) is 4.99. The van der Waals surface area contributed by atoms with Gasteiger partial charge in [0.1, 0.15) is 12.3 Å². The molecule has 0 fully saturated rings. The van der Waals surface area contributed by atoms with Gasteiger partial charge in [-0.2, -0.15) is 0 Å². The van der Waals surface area contributed by atoms with Crippen molar-refractivity contribution in [3.05, 3.63) is 89.5 Å². The maximum atomic E-state index is 13.5. The van der Waals surface area contributed by atoms with Crippen LogP contribution in [0.15, 0.2) is 77.7 Å². The Bertz CT molecular complexity index is 1190. The highest BCUT2D eigenvalue weighted by Gasteiger charge is 2.28. The van der Waals surface area contributed by atoms with E-state index in [-0.39, 0.29) is 17.5 Å². The van der Waals surface area contributed by atoms with E-state index in [0.717, 1.165) is 22.4 Å². The van der Waals surface area contributed by atoms with Crippen LogP contribution >= 0.6 is 0 Å². The summed E-state index contributed by atoms with van der Waals surface area (Å²) >= 11 is 0. The van der Waals surface area contributed by atoms with E-state index < -0.39 is 15.9 Å². The topological polar surface area (TPSA) is 75.7 Å². The molecule has 3 rings (SSSR count). The summed E-state index contributed by atoms with van der Waals surface area (Å²) in [5, 5.41) is 2.91. The van der Waals surface area contributed by atoms with Crippen LogP contribution in [0, 0.1) is 13.8 Å². The minimum atomic E-state index is -3.94. The molecule has 0 heterocycles.